The van der Waals surface area contributed by atoms with Crippen molar-refractivity contribution in [2.75, 3.05) is 7.11 Å². The van der Waals surface area contributed by atoms with Crippen LogP contribution < -0.4 is 5.32 Å². The Morgan fingerprint density at radius 2 is 2.28 bits per heavy atom. The van der Waals surface area contributed by atoms with Crippen molar-refractivity contribution < 1.29 is 13.9 Å². The quantitative estimate of drug-likeness (QED) is 0.793. The molecule has 0 saturated carbocycles. The molecule has 0 fully saturated rings. The number of methoxy groups -OCH3 is 1. The molecule has 130 valence electrons. The highest BCUT2D eigenvalue weighted by atomic mass is 16.5. The fraction of sp³-hybridized carbons (Fsp3) is 0.368. The van der Waals surface area contributed by atoms with Crippen molar-refractivity contribution in [3.63, 3.8) is 0 Å². The molecule has 25 heavy (non-hydrogen) atoms. The first kappa shape index (κ1) is 15.9. The van der Waals surface area contributed by atoms with Crippen LogP contribution in [0.5, 0.6) is 0 Å². The molecule has 3 heterocycles. The van der Waals surface area contributed by atoms with E-state index in [4.69, 9.17) is 9.15 Å². The predicted molar refractivity (Wildman–Crippen MR) is 93.5 cm³/mol. The van der Waals surface area contributed by atoms with Gasteiger partial charge in [0.2, 0.25) is 0 Å². The summed E-state index contributed by atoms with van der Waals surface area (Å²) >= 11 is 0. The highest BCUT2D eigenvalue weighted by Crippen LogP contribution is 2.27. The number of benzene rings is 1. The highest BCUT2D eigenvalue weighted by molar-refractivity contribution is 5.99. The normalized spacial score (nSPS) is 16.8. The van der Waals surface area contributed by atoms with Gasteiger partial charge in [0.1, 0.15) is 11.4 Å². The standard InChI is InChI=1S/C19H21N3O3/c1-12-9-22-10-13(7-8-17(22)20-12)21-19(23)18-15(11-24-2)14-5-3-4-6-16(14)25-18/h3-6,9,13H,7-8,10-11H2,1-2H3,(H,21,23). The summed E-state index contributed by atoms with van der Waals surface area (Å²) in [7, 11) is 1.62. The van der Waals surface area contributed by atoms with Gasteiger partial charge in [0, 0.05) is 43.3 Å². The number of hydrogen-bond donors (Lipinski definition) is 1. The predicted octanol–water partition coefficient (Wildman–Crippen LogP) is 2.83. The fourth-order valence-corrected chi connectivity index (χ4v) is 3.52. The molecular weight excluding hydrogens is 318 g/mol. The number of carbonyl (C=O) groups excluding carboxylic acids is 1. The van der Waals surface area contributed by atoms with E-state index in [9.17, 15) is 4.79 Å². The number of aryl methyl sites for hydroxylation is 2. The number of rotatable bonds is 4. The Hall–Kier alpha value is -2.60. The molecule has 0 aliphatic carbocycles. The number of ether oxygens (including phenoxy) is 1. The van der Waals surface area contributed by atoms with Gasteiger partial charge in [-0.25, -0.2) is 4.98 Å². The van der Waals surface area contributed by atoms with Crippen LogP contribution in [0.2, 0.25) is 0 Å². The van der Waals surface area contributed by atoms with Gasteiger partial charge in [-0.3, -0.25) is 4.79 Å². The average Bonchev–Trinajstić information content (AvgIpc) is 3.15. The van der Waals surface area contributed by atoms with Gasteiger partial charge in [-0.05, 0) is 19.4 Å². The van der Waals surface area contributed by atoms with E-state index in [1.54, 1.807) is 7.11 Å². The average molecular weight is 339 g/mol. The smallest absolute Gasteiger partial charge is 0.287 e. The molecule has 3 aromatic rings. The van der Waals surface area contributed by atoms with Crippen LogP contribution in [0.3, 0.4) is 0 Å². The molecule has 1 N–H and O–H groups in total. The summed E-state index contributed by atoms with van der Waals surface area (Å²) in [6, 6.07) is 7.71. The zero-order chi connectivity index (χ0) is 17.4. The molecule has 1 aliphatic heterocycles. The molecule has 6 nitrogen and oxygen atoms in total. The van der Waals surface area contributed by atoms with Crippen LogP contribution in [0.1, 0.15) is 34.1 Å². The maximum atomic E-state index is 12.8. The van der Waals surface area contributed by atoms with Crippen LogP contribution in [0.25, 0.3) is 11.0 Å². The van der Waals surface area contributed by atoms with Gasteiger partial charge in [0.05, 0.1) is 12.3 Å². The topological polar surface area (TPSA) is 69.3 Å². The van der Waals surface area contributed by atoms with Crippen molar-refractivity contribution >= 4 is 16.9 Å². The van der Waals surface area contributed by atoms with Crippen LogP contribution in [0, 0.1) is 6.92 Å². The Bertz CT molecular complexity index is 925. The van der Waals surface area contributed by atoms with Crippen molar-refractivity contribution in [1.29, 1.82) is 0 Å². The third-order valence-corrected chi connectivity index (χ3v) is 4.64. The molecule has 1 aliphatic rings. The largest absolute Gasteiger partial charge is 0.451 e. The van der Waals surface area contributed by atoms with Gasteiger partial charge in [-0.1, -0.05) is 18.2 Å². The Labute approximate surface area is 145 Å². The van der Waals surface area contributed by atoms with E-state index >= 15 is 0 Å². The number of nitrogens with zero attached hydrogens (tertiary/aromatic N) is 2. The second-order valence-corrected chi connectivity index (χ2v) is 6.50. The number of hydrogen-bond acceptors (Lipinski definition) is 4. The summed E-state index contributed by atoms with van der Waals surface area (Å²) in [6.45, 7) is 3.07. The molecule has 2 aromatic heterocycles. The molecule has 0 spiro atoms. The molecule has 4 rings (SSSR count). The first-order valence-corrected chi connectivity index (χ1v) is 8.48. The summed E-state index contributed by atoms with van der Waals surface area (Å²) in [5, 5.41) is 4.03. The van der Waals surface area contributed by atoms with Crippen LogP contribution in [0.4, 0.5) is 0 Å². The first-order valence-electron chi connectivity index (χ1n) is 8.48. The number of carbonyl (C=O) groups is 1. The number of aromatic nitrogens is 2. The fourth-order valence-electron chi connectivity index (χ4n) is 3.52. The van der Waals surface area contributed by atoms with E-state index in [0.717, 1.165) is 41.9 Å². The number of nitrogens with one attached hydrogen (secondary N) is 1. The maximum Gasteiger partial charge on any atom is 0.287 e. The molecule has 1 aromatic carbocycles. The number of fused-ring (bicyclic) bond motifs is 2. The SMILES string of the molecule is COCc1c(C(=O)NC2CCc3nc(C)cn3C2)oc2ccccc12. The van der Waals surface area contributed by atoms with Gasteiger partial charge < -0.3 is 19.0 Å². The zero-order valence-electron chi connectivity index (χ0n) is 14.4. The minimum Gasteiger partial charge on any atom is -0.451 e. The number of amides is 1. The van der Waals surface area contributed by atoms with Crippen molar-refractivity contribution in [3.05, 3.63) is 53.3 Å². The second kappa shape index (κ2) is 6.37. The van der Waals surface area contributed by atoms with E-state index in [1.165, 1.54) is 0 Å². The first-order chi connectivity index (χ1) is 12.2. The number of imidazole rings is 1. The monoisotopic (exact) mass is 339 g/mol. The van der Waals surface area contributed by atoms with Crippen LogP contribution in [-0.4, -0.2) is 28.6 Å². The number of furan rings is 1. The Morgan fingerprint density at radius 3 is 3.12 bits per heavy atom. The minimum atomic E-state index is -0.187. The van der Waals surface area contributed by atoms with Crippen molar-refractivity contribution in [3.8, 4) is 0 Å². The summed E-state index contributed by atoms with van der Waals surface area (Å²) in [5.41, 5.74) is 2.52. The van der Waals surface area contributed by atoms with E-state index in [-0.39, 0.29) is 11.9 Å². The molecule has 1 atom stereocenters. The Kier molecular flexibility index (Phi) is 4.05. The molecular formula is C19H21N3O3. The molecule has 0 saturated heterocycles. The van der Waals surface area contributed by atoms with E-state index < -0.39 is 0 Å². The van der Waals surface area contributed by atoms with Gasteiger partial charge in [0.25, 0.3) is 5.91 Å². The molecule has 6 heteroatoms. The summed E-state index contributed by atoms with van der Waals surface area (Å²) in [6.07, 6.45) is 3.77. The minimum absolute atomic E-state index is 0.0669. The molecule has 1 amide bonds. The van der Waals surface area contributed by atoms with Gasteiger partial charge in [-0.2, -0.15) is 0 Å². The van der Waals surface area contributed by atoms with Crippen molar-refractivity contribution in [2.45, 2.75) is 39.0 Å². The Morgan fingerprint density at radius 1 is 1.44 bits per heavy atom. The van der Waals surface area contributed by atoms with Crippen molar-refractivity contribution in [1.82, 2.24) is 14.9 Å². The lowest BCUT2D eigenvalue weighted by molar-refractivity contribution is 0.0895. The van der Waals surface area contributed by atoms with Crippen LogP contribution in [0.15, 0.2) is 34.9 Å². The second-order valence-electron chi connectivity index (χ2n) is 6.50. The van der Waals surface area contributed by atoms with Crippen molar-refractivity contribution in [2.24, 2.45) is 0 Å². The van der Waals surface area contributed by atoms with E-state index in [0.29, 0.717) is 18.0 Å². The maximum absolute atomic E-state index is 12.8. The van der Waals surface area contributed by atoms with Crippen LogP contribution >= 0.6 is 0 Å². The Balaban J connectivity index is 1.57. The molecule has 0 bridgehead atoms. The summed E-state index contributed by atoms with van der Waals surface area (Å²) < 4.78 is 13.2. The lowest BCUT2D eigenvalue weighted by atomic mass is 10.1. The van der Waals surface area contributed by atoms with Gasteiger partial charge in [0.15, 0.2) is 5.76 Å². The highest BCUT2D eigenvalue weighted by Gasteiger charge is 2.25. The number of para-hydroxylation sites is 1. The third kappa shape index (κ3) is 2.93. The summed E-state index contributed by atoms with van der Waals surface area (Å²) in [5.74, 6) is 1.25. The zero-order valence-corrected chi connectivity index (χ0v) is 14.4. The lowest BCUT2D eigenvalue weighted by Gasteiger charge is -2.24. The van der Waals surface area contributed by atoms with Gasteiger partial charge in [-0.15, -0.1) is 0 Å². The van der Waals surface area contributed by atoms with E-state index in [1.807, 2.05) is 37.4 Å². The van der Waals surface area contributed by atoms with E-state index in [2.05, 4.69) is 14.9 Å². The summed E-state index contributed by atoms with van der Waals surface area (Å²) in [4.78, 5) is 17.3. The molecule has 1 unspecified atom stereocenters. The van der Waals surface area contributed by atoms with Gasteiger partial charge >= 0.3 is 0 Å². The lowest BCUT2D eigenvalue weighted by Crippen LogP contribution is -2.41. The third-order valence-electron chi connectivity index (χ3n) is 4.64. The van der Waals surface area contributed by atoms with Crippen LogP contribution in [-0.2, 0) is 24.3 Å². The molecule has 0 radical (unpaired) electrons.